The van der Waals surface area contributed by atoms with Crippen molar-refractivity contribution >= 4 is 47.3 Å². The van der Waals surface area contributed by atoms with E-state index in [-0.39, 0.29) is 24.1 Å². The van der Waals surface area contributed by atoms with E-state index < -0.39 is 13.9 Å². The highest BCUT2D eigenvalue weighted by molar-refractivity contribution is 9.10. The van der Waals surface area contributed by atoms with Gasteiger partial charge in [0.2, 0.25) is 5.91 Å². The first kappa shape index (κ1) is 22.1. The van der Waals surface area contributed by atoms with Crippen LogP contribution in [0, 0.1) is 5.82 Å². The van der Waals surface area contributed by atoms with Crippen molar-refractivity contribution in [2.45, 2.75) is 45.3 Å². The van der Waals surface area contributed by atoms with E-state index in [2.05, 4.69) is 46.0 Å². The average molecular weight is 477 g/mol. The third-order valence-corrected chi connectivity index (χ3v) is 6.25. The van der Waals surface area contributed by atoms with Crippen LogP contribution in [-0.4, -0.2) is 30.4 Å². The van der Waals surface area contributed by atoms with Crippen LogP contribution in [0.25, 0.3) is 0 Å². The molecule has 0 atom stereocenters. The smallest absolute Gasteiger partial charge is 0.225 e. The van der Waals surface area contributed by atoms with E-state index in [1.807, 2.05) is 0 Å². The molecule has 0 unspecified atom stereocenters. The van der Waals surface area contributed by atoms with E-state index in [0.717, 1.165) is 11.6 Å². The molecule has 0 spiro atoms. The number of aryl methyl sites for hydroxylation is 1. The molecular formula is C18H24BrClFN3O2Si. The number of hydrogen-bond donors (Lipinski definition) is 1. The average Bonchev–Trinajstić information content (AvgIpc) is 2.91. The number of carbonyl (C=O) groups excluding carboxylic acids is 1. The molecule has 0 saturated heterocycles. The topological polar surface area (TPSA) is 56.1 Å². The minimum absolute atomic E-state index is 0.0751. The normalized spacial score (nSPS) is 11.6. The number of nitrogens with zero attached hydrogens (tertiary/aromatic N) is 2. The zero-order chi connectivity index (χ0) is 20.0. The van der Waals surface area contributed by atoms with Crippen molar-refractivity contribution in [3.63, 3.8) is 0 Å². The van der Waals surface area contributed by atoms with Gasteiger partial charge in [-0.15, -0.1) is 0 Å². The Balaban J connectivity index is 1.86. The first-order valence-electron chi connectivity index (χ1n) is 8.69. The summed E-state index contributed by atoms with van der Waals surface area (Å²) in [6.07, 6.45) is 0.641. The zero-order valence-corrected chi connectivity index (χ0v) is 19.0. The van der Waals surface area contributed by atoms with Crippen molar-refractivity contribution in [2.24, 2.45) is 0 Å². The van der Waals surface area contributed by atoms with Crippen LogP contribution in [-0.2, 0) is 22.7 Å². The van der Waals surface area contributed by atoms with Crippen LogP contribution in [0.5, 0.6) is 0 Å². The number of nitrogens with one attached hydrogen (secondary N) is 1. The second kappa shape index (κ2) is 9.82. The summed E-state index contributed by atoms with van der Waals surface area (Å²) in [5.41, 5.74) is 0.719. The van der Waals surface area contributed by atoms with Crippen LogP contribution in [0.3, 0.4) is 0 Å². The maximum Gasteiger partial charge on any atom is 0.225 e. The lowest BCUT2D eigenvalue weighted by atomic mass is 10.1. The van der Waals surface area contributed by atoms with E-state index in [9.17, 15) is 9.18 Å². The first-order valence-corrected chi connectivity index (χ1v) is 13.6. The molecule has 0 bridgehead atoms. The lowest BCUT2D eigenvalue weighted by Gasteiger charge is -2.16. The van der Waals surface area contributed by atoms with Gasteiger partial charge in [0, 0.05) is 27.2 Å². The standard InChI is InChI=1S/C18H24BrClFN3O2Si/c1-27(2,3)9-8-26-12-24-17(11-16(19)23-24)22-18(25)7-5-13-4-6-14(20)15(21)10-13/h4,6,10-11H,5,7-9,12H2,1-3H3,(H,22,25). The number of hydrogen-bond acceptors (Lipinski definition) is 3. The van der Waals surface area contributed by atoms with Crippen molar-refractivity contribution < 1.29 is 13.9 Å². The molecule has 1 N–H and O–H groups in total. The molecule has 1 aromatic heterocycles. The summed E-state index contributed by atoms with van der Waals surface area (Å²) in [7, 11) is -1.15. The Morgan fingerprint density at radius 2 is 2.11 bits per heavy atom. The van der Waals surface area contributed by atoms with Crippen molar-refractivity contribution in [1.82, 2.24) is 9.78 Å². The molecule has 1 amide bonds. The number of anilines is 1. The number of rotatable bonds is 9. The van der Waals surface area contributed by atoms with Crippen LogP contribution >= 0.6 is 27.5 Å². The van der Waals surface area contributed by atoms with Gasteiger partial charge in [-0.3, -0.25) is 4.79 Å². The lowest BCUT2D eigenvalue weighted by molar-refractivity contribution is -0.116. The predicted octanol–water partition coefficient (Wildman–Crippen LogP) is 5.32. The summed E-state index contributed by atoms with van der Waals surface area (Å²) in [6.45, 7) is 7.81. The van der Waals surface area contributed by atoms with Crippen LogP contribution in [0.15, 0.2) is 28.9 Å². The molecule has 0 saturated carbocycles. The molecule has 1 heterocycles. The third-order valence-electron chi connectivity index (χ3n) is 3.85. The highest BCUT2D eigenvalue weighted by atomic mass is 79.9. The molecular weight excluding hydrogens is 453 g/mol. The lowest BCUT2D eigenvalue weighted by Crippen LogP contribution is -2.22. The second-order valence-corrected chi connectivity index (χ2v) is 14.3. The molecule has 1 aromatic carbocycles. The summed E-state index contributed by atoms with van der Waals surface area (Å²) in [5, 5.41) is 7.18. The molecule has 0 aliphatic carbocycles. The summed E-state index contributed by atoms with van der Waals surface area (Å²) < 4.78 is 21.4. The third kappa shape index (κ3) is 7.73. The summed E-state index contributed by atoms with van der Waals surface area (Å²) in [6, 6.07) is 7.35. The molecule has 0 aliphatic heterocycles. The molecule has 2 rings (SSSR count). The Bertz CT molecular complexity index is 795. The minimum atomic E-state index is -1.15. The monoisotopic (exact) mass is 475 g/mol. The Morgan fingerprint density at radius 3 is 2.78 bits per heavy atom. The van der Waals surface area contributed by atoms with E-state index in [1.54, 1.807) is 16.8 Å². The molecule has 0 fully saturated rings. The molecule has 27 heavy (non-hydrogen) atoms. The van der Waals surface area contributed by atoms with Crippen LogP contribution < -0.4 is 5.32 Å². The van der Waals surface area contributed by atoms with Crippen LogP contribution in [0.4, 0.5) is 10.2 Å². The van der Waals surface area contributed by atoms with E-state index in [0.29, 0.717) is 23.4 Å². The number of halogens is 3. The van der Waals surface area contributed by atoms with Crippen molar-refractivity contribution in [1.29, 1.82) is 0 Å². The second-order valence-electron chi connectivity index (χ2n) is 7.50. The first-order chi connectivity index (χ1) is 12.6. The SMILES string of the molecule is C[Si](C)(C)CCOCn1nc(Br)cc1NC(=O)CCc1ccc(Cl)c(F)c1. The summed E-state index contributed by atoms with van der Waals surface area (Å²) in [4.78, 5) is 12.2. The van der Waals surface area contributed by atoms with Gasteiger partial charge in [-0.25, -0.2) is 9.07 Å². The predicted molar refractivity (Wildman–Crippen MR) is 112 cm³/mol. The zero-order valence-electron chi connectivity index (χ0n) is 15.7. The van der Waals surface area contributed by atoms with E-state index in [1.165, 1.54) is 12.1 Å². The Labute approximate surface area is 173 Å². The van der Waals surface area contributed by atoms with Crippen molar-refractivity contribution in [2.75, 3.05) is 11.9 Å². The molecule has 148 valence electrons. The number of aromatic nitrogens is 2. The minimum Gasteiger partial charge on any atom is -0.359 e. The quantitative estimate of drug-likeness (QED) is 0.393. The molecule has 5 nitrogen and oxygen atoms in total. The Morgan fingerprint density at radius 1 is 1.37 bits per heavy atom. The fourth-order valence-corrected chi connectivity index (χ4v) is 3.55. The van der Waals surface area contributed by atoms with Gasteiger partial charge >= 0.3 is 0 Å². The van der Waals surface area contributed by atoms with Gasteiger partial charge in [0.15, 0.2) is 0 Å². The maximum atomic E-state index is 13.5. The van der Waals surface area contributed by atoms with Crippen molar-refractivity contribution in [3.05, 3.63) is 45.3 Å². The van der Waals surface area contributed by atoms with Crippen LogP contribution in [0.1, 0.15) is 12.0 Å². The number of carbonyl (C=O) groups is 1. The summed E-state index contributed by atoms with van der Waals surface area (Å²) in [5.74, 6) is -0.102. The highest BCUT2D eigenvalue weighted by Gasteiger charge is 2.14. The maximum absolute atomic E-state index is 13.5. The van der Waals surface area contributed by atoms with Gasteiger partial charge in [-0.05, 0) is 46.1 Å². The van der Waals surface area contributed by atoms with Crippen LogP contribution in [0.2, 0.25) is 30.7 Å². The van der Waals surface area contributed by atoms with E-state index >= 15 is 0 Å². The van der Waals surface area contributed by atoms with E-state index in [4.69, 9.17) is 16.3 Å². The molecule has 0 aliphatic rings. The number of benzene rings is 1. The Kier molecular flexibility index (Phi) is 8.02. The largest absolute Gasteiger partial charge is 0.359 e. The summed E-state index contributed by atoms with van der Waals surface area (Å²) >= 11 is 8.99. The number of amides is 1. The van der Waals surface area contributed by atoms with Gasteiger partial charge in [-0.1, -0.05) is 37.3 Å². The molecule has 9 heteroatoms. The van der Waals surface area contributed by atoms with Gasteiger partial charge in [0.1, 0.15) is 23.0 Å². The van der Waals surface area contributed by atoms with Gasteiger partial charge < -0.3 is 10.1 Å². The fraction of sp³-hybridized carbons (Fsp3) is 0.444. The van der Waals surface area contributed by atoms with Crippen molar-refractivity contribution in [3.8, 4) is 0 Å². The number of ether oxygens (including phenoxy) is 1. The van der Waals surface area contributed by atoms with Gasteiger partial charge in [-0.2, -0.15) is 5.10 Å². The van der Waals surface area contributed by atoms with Gasteiger partial charge in [0.05, 0.1) is 5.02 Å². The fourth-order valence-electron chi connectivity index (χ4n) is 2.27. The van der Waals surface area contributed by atoms with Gasteiger partial charge in [0.25, 0.3) is 0 Å². The molecule has 2 aromatic rings. The Hall–Kier alpha value is -1.22. The molecule has 0 radical (unpaired) electrons. The highest BCUT2D eigenvalue weighted by Crippen LogP contribution is 2.18.